The molecule has 0 bridgehead atoms. The molecule has 0 aliphatic carbocycles. The van der Waals surface area contributed by atoms with Crippen molar-refractivity contribution >= 4 is 21.6 Å². The number of nitrogens with one attached hydrogen (secondary N) is 2. The van der Waals surface area contributed by atoms with E-state index in [-0.39, 0.29) is 17.3 Å². The lowest BCUT2D eigenvalue weighted by Crippen LogP contribution is -2.25. The lowest BCUT2D eigenvalue weighted by molar-refractivity contribution is 0.0951. The van der Waals surface area contributed by atoms with Gasteiger partial charge in [-0.25, -0.2) is 8.42 Å². The lowest BCUT2D eigenvalue weighted by Gasteiger charge is -2.14. The topological polar surface area (TPSA) is 98.0 Å². The van der Waals surface area contributed by atoms with Crippen molar-refractivity contribution in [2.24, 2.45) is 7.05 Å². The van der Waals surface area contributed by atoms with Crippen LogP contribution in [0.15, 0.2) is 90.2 Å². The first kappa shape index (κ1) is 20.4. The number of para-hydroxylation sites is 1. The summed E-state index contributed by atoms with van der Waals surface area (Å²) in [5, 5.41) is 7.05. The molecule has 2 heterocycles. The molecule has 4 aromatic rings. The van der Waals surface area contributed by atoms with Crippen LogP contribution in [-0.2, 0) is 23.6 Å². The van der Waals surface area contributed by atoms with Gasteiger partial charge >= 0.3 is 0 Å². The zero-order valence-electron chi connectivity index (χ0n) is 16.8. The fourth-order valence-electron chi connectivity index (χ4n) is 3.22. The van der Waals surface area contributed by atoms with E-state index in [1.165, 1.54) is 18.3 Å². The Balaban J connectivity index is 1.53. The molecule has 1 amide bonds. The van der Waals surface area contributed by atoms with Gasteiger partial charge in [-0.2, -0.15) is 5.10 Å². The summed E-state index contributed by atoms with van der Waals surface area (Å²) in [7, 11) is -1.98. The van der Waals surface area contributed by atoms with E-state index < -0.39 is 10.0 Å². The fraction of sp³-hybridized carbons (Fsp3) is 0.0909. The van der Waals surface area contributed by atoms with E-state index in [4.69, 9.17) is 0 Å². The smallest absolute Gasteiger partial charge is 0.261 e. The maximum absolute atomic E-state index is 12.8. The van der Waals surface area contributed by atoms with Crippen molar-refractivity contribution in [1.82, 2.24) is 19.7 Å². The number of carbonyl (C=O) groups excluding carboxylic acids is 1. The molecule has 0 fully saturated rings. The largest absolute Gasteiger partial charge is 0.348 e. The number of aryl methyl sites for hydroxylation is 1. The molecular formula is C22H21N5O3S. The number of aromatic nitrogens is 3. The summed E-state index contributed by atoms with van der Waals surface area (Å²) in [5.41, 5.74) is 1.46. The maximum atomic E-state index is 12.8. The third-order valence-corrected chi connectivity index (χ3v) is 6.14. The van der Waals surface area contributed by atoms with Crippen molar-refractivity contribution in [2.45, 2.75) is 11.4 Å². The van der Waals surface area contributed by atoms with Gasteiger partial charge < -0.3 is 9.88 Å². The predicted molar refractivity (Wildman–Crippen MR) is 117 cm³/mol. The normalized spacial score (nSPS) is 11.3. The van der Waals surface area contributed by atoms with Crippen molar-refractivity contribution in [3.8, 4) is 5.82 Å². The molecule has 31 heavy (non-hydrogen) atoms. The average molecular weight is 436 g/mol. The van der Waals surface area contributed by atoms with Crippen LogP contribution in [0.2, 0.25) is 0 Å². The Hall–Kier alpha value is -3.85. The van der Waals surface area contributed by atoms with Gasteiger partial charge in [-0.3, -0.25) is 14.2 Å². The molecule has 0 aliphatic heterocycles. The number of sulfonamides is 1. The highest BCUT2D eigenvalue weighted by Crippen LogP contribution is 2.20. The number of nitrogens with zero attached hydrogens (tertiary/aromatic N) is 3. The quantitative estimate of drug-likeness (QED) is 0.466. The maximum Gasteiger partial charge on any atom is 0.261 e. The van der Waals surface area contributed by atoms with Crippen LogP contribution in [0.1, 0.15) is 15.9 Å². The van der Waals surface area contributed by atoms with Crippen molar-refractivity contribution in [2.75, 3.05) is 4.72 Å². The van der Waals surface area contributed by atoms with Gasteiger partial charge in [0.05, 0.1) is 16.8 Å². The van der Waals surface area contributed by atoms with Gasteiger partial charge in [0.2, 0.25) is 0 Å². The molecule has 8 nitrogen and oxygen atoms in total. The Morgan fingerprint density at radius 2 is 1.65 bits per heavy atom. The fourth-order valence-corrected chi connectivity index (χ4v) is 4.34. The molecule has 2 aromatic carbocycles. The van der Waals surface area contributed by atoms with E-state index >= 15 is 0 Å². The second-order valence-electron chi connectivity index (χ2n) is 6.85. The molecular weight excluding hydrogens is 414 g/mol. The monoisotopic (exact) mass is 435 g/mol. The van der Waals surface area contributed by atoms with E-state index in [0.717, 1.165) is 0 Å². The number of hydrogen-bond acceptors (Lipinski definition) is 4. The van der Waals surface area contributed by atoms with Gasteiger partial charge in [0.25, 0.3) is 15.9 Å². The molecule has 2 aromatic heterocycles. The lowest BCUT2D eigenvalue weighted by atomic mass is 10.2. The first-order valence-corrected chi connectivity index (χ1v) is 11.0. The minimum absolute atomic E-state index is 0.145. The number of anilines is 1. The minimum atomic E-state index is -3.74. The van der Waals surface area contributed by atoms with E-state index in [9.17, 15) is 13.2 Å². The molecule has 4 rings (SSSR count). The molecule has 0 spiro atoms. The van der Waals surface area contributed by atoms with Gasteiger partial charge in [-0.05, 0) is 35.9 Å². The van der Waals surface area contributed by atoms with Crippen LogP contribution < -0.4 is 10.0 Å². The number of carbonyl (C=O) groups is 1. The third-order valence-electron chi connectivity index (χ3n) is 4.76. The van der Waals surface area contributed by atoms with Crippen LogP contribution in [-0.4, -0.2) is 28.7 Å². The molecule has 2 N–H and O–H groups in total. The van der Waals surface area contributed by atoms with Crippen LogP contribution in [0.4, 0.5) is 5.69 Å². The summed E-state index contributed by atoms with van der Waals surface area (Å²) >= 11 is 0. The average Bonchev–Trinajstić information content (AvgIpc) is 3.43. The molecule has 0 unspecified atom stereocenters. The Morgan fingerprint density at radius 1 is 0.968 bits per heavy atom. The first-order chi connectivity index (χ1) is 15.0. The molecule has 0 radical (unpaired) electrons. The molecule has 0 saturated carbocycles. The van der Waals surface area contributed by atoms with Crippen molar-refractivity contribution < 1.29 is 13.2 Å². The third kappa shape index (κ3) is 4.36. The summed E-state index contributed by atoms with van der Waals surface area (Å²) in [4.78, 5) is 13.0. The van der Waals surface area contributed by atoms with Crippen LogP contribution >= 0.6 is 0 Å². The number of hydrogen-bond donors (Lipinski definition) is 2. The van der Waals surface area contributed by atoms with Gasteiger partial charge in [-0.15, -0.1) is 0 Å². The van der Waals surface area contributed by atoms with E-state index in [2.05, 4.69) is 15.1 Å². The predicted octanol–water partition coefficient (Wildman–Crippen LogP) is 2.94. The minimum Gasteiger partial charge on any atom is -0.348 e. The number of benzene rings is 2. The zero-order chi connectivity index (χ0) is 21.8. The molecule has 158 valence electrons. The van der Waals surface area contributed by atoms with Gasteiger partial charge in [0.15, 0.2) is 0 Å². The summed E-state index contributed by atoms with van der Waals surface area (Å²) in [5.74, 6) is 0.332. The van der Waals surface area contributed by atoms with E-state index in [1.807, 2.05) is 29.1 Å². The summed E-state index contributed by atoms with van der Waals surface area (Å²) in [6.07, 6.45) is 5.18. The SMILES string of the molecule is Cn1ncc(C(=O)NCc2ccccc2NS(=O)(=O)c2ccccc2)c1-n1cccc1. The second-order valence-corrected chi connectivity index (χ2v) is 8.54. The molecule has 0 aliphatic rings. The van der Waals surface area contributed by atoms with Crippen molar-refractivity contribution in [3.63, 3.8) is 0 Å². The zero-order valence-corrected chi connectivity index (χ0v) is 17.6. The van der Waals surface area contributed by atoms with E-state index in [1.54, 1.807) is 54.2 Å². The Kier molecular flexibility index (Phi) is 5.59. The molecule has 0 atom stereocenters. The first-order valence-electron chi connectivity index (χ1n) is 9.55. The van der Waals surface area contributed by atoms with Crippen LogP contribution in [0.3, 0.4) is 0 Å². The van der Waals surface area contributed by atoms with Crippen LogP contribution in [0, 0.1) is 0 Å². The molecule has 9 heteroatoms. The van der Waals surface area contributed by atoms with Crippen molar-refractivity contribution in [3.05, 3.63) is 96.4 Å². The second kappa shape index (κ2) is 8.49. The standard InChI is InChI=1S/C22H21N5O3S/c1-26-22(27-13-7-8-14-27)19(16-24-26)21(28)23-15-17-9-5-6-12-20(17)25-31(29,30)18-10-3-2-4-11-18/h2-14,16,25H,15H2,1H3,(H,23,28). The Labute approximate surface area is 180 Å². The van der Waals surface area contributed by atoms with Gasteiger partial charge in [0, 0.05) is 26.0 Å². The van der Waals surface area contributed by atoms with Gasteiger partial charge in [0.1, 0.15) is 11.4 Å². The van der Waals surface area contributed by atoms with Gasteiger partial charge in [-0.1, -0.05) is 36.4 Å². The van der Waals surface area contributed by atoms with E-state index in [0.29, 0.717) is 22.6 Å². The van der Waals surface area contributed by atoms with Crippen LogP contribution in [0.25, 0.3) is 5.82 Å². The summed E-state index contributed by atoms with van der Waals surface area (Å²) in [6.45, 7) is 0.145. The summed E-state index contributed by atoms with van der Waals surface area (Å²) < 4.78 is 31.4. The highest BCUT2D eigenvalue weighted by molar-refractivity contribution is 7.92. The highest BCUT2D eigenvalue weighted by Gasteiger charge is 2.19. The number of rotatable bonds is 7. The molecule has 0 saturated heterocycles. The Bertz CT molecular complexity index is 1300. The Morgan fingerprint density at radius 3 is 2.39 bits per heavy atom. The van der Waals surface area contributed by atoms with Crippen LogP contribution in [0.5, 0.6) is 0 Å². The van der Waals surface area contributed by atoms with Crippen molar-refractivity contribution in [1.29, 1.82) is 0 Å². The summed E-state index contributed by atoms with van der Waals surface area (Å²) in [6, 6.07) is 18.8. The highest BCUT2D eigenvalue weighted by atomic mass is 32.2. The number of amides is 1.